The number of carbonyl (C=O) groups is 2. The lowest BCUT2D eigenvalue weighted by Crippen LogP contribution is -2.37. The van der Waals surface area contributed by atoms with Gasteiger partial charge in [-0.15, -0.1) is 0 Å². The molecule has 6 nitrogen and oxygen atoms in total. The number of fused-ring (bicyclic) bond motifs is 1. The molecule has 1 heterocycles. The Balaban J connectivity index is 1.57. The number of benzene rings is 3. The van der Waals surface area contributed by atoms with Crippen molar-refractivity contribution in [3.8, 4) is 11.5 Å². The zero-order valence-corrected chi connectivity index (χ0v) is 17.8. The van der Waals surface area contributed by atoms with Gasteiger partial charge in [-0.2, -0.15) is 0 Å². The van der Waals surface area contributed by atoms with Crippen LogP contribution in [-0.4, -0.2) is 29.9 Å². The van der Waals surface area contributed by atoms with Gasteiger partial charge in [0.15, 0.2) is 6.10 Å². The number of methoxy groups -OCH3 is 1. The van der Waals surface area contributed by atoms with Gasteiger partial charge in [0.2, 0.25) is 0 Å². The van der Waals surface area contributed by atoms with Crippen LogP contribution in [0.1, 0.15) is 28.4 Å². The number of para-hydroxylation sites is 1. The molecule has 1 aliphatic heterocycles. The molecule has 0 spiro atoms. The second-order valence-electron chi connectivity index (χ2n) is 7.56. The van der Waals surface area contributed by atoms with Gasteiger partial charge in [0.1, 0.15) is 17.3 Å². The molecule has 2 amide bonds. The van der Waals surface area contributed by atoms with Gasteiger partial charge < -0.3 is 19.7 Å². The molecule has 0 bridgehead atoms. The number of halogens is 1. The summed E-state index contributed by atoms with van der Waals surface area (Å²) in [5, 5.41) is 2.88. The highest BCUT2D eigenvalue weighted by atomic mass is 19.1. The average Bonchev–Trinajstić information content (AvgIpc) is 2.91. The van der Waals surface area contributed by atoms with E-state index in [-0.39, 0.29) is 17.6 Å². The van der Waals surface area contributed by atoms with Crippen LogP contribution in [0.2, 0.25) is 0 Å². The number of hydrogen-bond acceptors (Lipinski definition) is 4. The number of rotatable bonds is 5. The van der Waals surface area contributed by atoms with Crippen LogP contribution in [0.15, 0.2) is 66.7 Å². The summed E-state index contributed by atoms with van der Waals surface area (Å²) >= 11 is 0. The summed E-state index contributed by atoms with van der Waals surface area (Å²) < 4.78 is 24.4. The molecule has 0 saturated heterocycles. The summed E-state index contributed by atoms with van der Waals surface area (Å²) in [4.78, 5) is 27.3. The van der Waals surface area contributed by atoms with E-state index >= 15 is 0 Å². The molecule has 3 aromatic rings. The van der Waals surface area contributed by atoms with E-state index in [0.29, 0.717) is 35.8 Å². The lowest BCUT2D eigenvalue weighted by Gasteiger charge is -2.22. The number of carbonyl (C=O) groups excluding carboxylic acids is 2. The van der Waals surface area contributed by atoms with Crippen molar-refractivity contribution in [3.63, 3.8) is 0 Å². The quantitative estimate of drug-likeness (QED) is 0.647. The van der Waals surface area contributed by atoms with Crippen molar-refractivity contribution in [2.75, 3.05) is 12.4 Å². The van der Waals surface area contributed by atoms with Crippen molar-refractivity contribution >= 4 is 17.5 Å². The van der Waals surface area contributed by atoms with E-state index in [4.69, 9.17) is 9.47 Å². The molecule has 32 heavy (non-hydrogen) atoms. The summed E-state index contributed by atoms with van der Waals surface area (Å²) in [5.74, 6) is 0.277. The zero-order chi connectivity index (χ0) is 22.7. The van der Waals surface area contributed by atoms with Crippen LogP contribution < -0.4 is 14.8 Å². The standard InChI is InChI=1S/C25H23FN2O4/c1-16-25(30)28(14-17-7-9-19(26)10-8-17)15-18-13-20(11-12-22(18)32-16)27-24(29)21-5-3-4-6-23(21)31-2/h3-13,16H,14-15H2,1-2H3,(H,27,29)/t16-/m1/s1. The summed E-state index contributed by atoms with van der Waals surface area (Å²) in [5.41, 5.74) is 2.58. The Bertz CT molecular complexity index is 1150. The van der Waals surface area contributed by atoms with E-state index in [1.54, 1.807) is 66.4 Å². The minimum atomic E-state index is -0.661. The van der Waals surface area contributed by atoms with Crippen LogP contribution in [0, 0.1) is 5.82 Å². The van der Waals surface area contributed by atoms with E-state index in [2.05, 4.69) is 5.32 Å². The molecule has 0 aromatic heterocycles. The normalized spacial score (nSPS) is 15.4. The van der Waals surface area contributed by atoms with Crippen LogP contribution in [0.3, 0.4) is 0 Å². The van der Waals surface area contributed by atoms with E-state index in [1.807, 2.05) is 0 Å². The first-order valence-corrected chi connectivity index (χ1v) is 10.2. The van der Waals surface area contributed by atoms with Crippen molar-refractivity contribution in [1.29, 1.82) is 0 Å². The van der Waals surface area contributed by atoms with Gasteiger partial charge in [0.05, 0.1) is 12.7 Å². The molecule has 1 N–H and O–H groups in total. The fourth-order valence-electron chi connectivity index (χ4n) is 3.65. The van der Waals surface area contributed by atoms with Crippen molar-refractivity contribution < 1.29 is 23.5 Å². The van der Waals surface area contributed by atoms with Crippen LogP contribution in [0.25, 0.3) is 0 Å². The van der Waals surface area contributed by atoms with Crippen molar-refractivity contribution in [2.45, 2.75) is 26.1 Å². The largest absolute Gasteiger partial charge is 0.496 e. The Morgan fingerprint density at radius 3 is 2.66 bits per heavy atom. The SMILES string of the molecule is COc1ccccc1C(=O)Nc1ccc2c(c1)CN(Cc1ccc(F)cc1)C(=O)[C@@H](C)O2. The van der Waals surface area contributed by atoms with E-state index < -0.39 is 6.10 Å². The predicted molar refractivity (Wildman–Crippen MR) is 118 cm³/mol. The first-order valence-electron chi connectivity index (χ1n) is 10.2. The van der Waals surface area contributed by atoms with Gasteiger partial charge in [-0.05, 0) is 55.0 Å². The summed E-state index contributed by atoms with van der Waals surface area (Å²) in [6, 6.07) is 18.3. The Hall–Kier alpha value is -3.87. The number of anilines is 1. The molecule has 0 saturated carbocycles. The first kappa shape index (κ1) is 21.4. The fourth-order valence-corrected chi connectivity index (χ4v) is 3.65. The maximum Gasteiger partial charge on any atom is 0.263 e. The number of ether oxygens (including phenoxy) is 2. The monoisotopic (exact) mass is 434 g/mol. The van der Waals surface area contributed by atoms with Gasteiger partial charge in [-0.1, -0.05) is 24.3 Å². The Labute approximate surface area is 185 Å². The van der Waals surface area contributed by atoms with Crippen LogP contribution in [0.4, 0.5) is 10.1 Å². The lowest BCUT2D eigenvalue weighted by molar-refractivity contribution is -0.138. The van der Waals surface area contributed by atoms with Gasteiger partial charge in [0.25, 0.3) is 11.8 Å². The molecule has 0 fully saturated rings. The molecule has 7 heteroatoms. The van der Waals surface area contributed by atoms with E-state index in [0.717, 1.165) is 11.1 Å². The van der Waals surface area contributed by atoms with Gasteiger partial charge in [-0.25, -0.2) is 4.39 Å². The maximum absolute atomic E-state index is 13.2. The highest BCUT2D eigenvalue weighted by Gasteiger charge is 2.28. The first-order chi connectivity index (χ1) is 15.4. The molecule has 0 radical (unpaired) electrons. The number of amides is 2. The van der Waals surface area contributed by atoms with Crippen molar-refractivity contribution in [3.05, 3.63) is 89.2 Å². The molecule has 4 rings (SSSR count). The number of nitrogens with one attached hydrogen (secondary N) is 1. The Morgan fingerprint density at radius 2 is 1.91 bits per heavy atom. The highest BCUT2D eigenvalue weighted by Crippen LogP contribution is 2.30. The summed E-state index contributed by atoms with van der Waals surface area (Å²) in [6.07, 6.45) is -0.661. The summed E-state index contributed by atoms with van der Waals surface area (Å²) in [6.45, 7) is 2.32. The molecule has 1 aliphatic rings. The number of nitrogens with zero attached hydrogens (tertiary/aromatic N) is 1. The Morgan fingerprint density at radius 1 is 1.16 bits per heavy atom. The third-order valence-electron chi connectivity index (χ3n) is 5.28. The predicted octanol–water partition coefficient (Wildman–Crippen LogP) is 4.40. The minimum absolute atomic E-state index is 0.162. The molecule has 0 unspecified atom stereocenters. The molecule has 0 aliphatic carbocycles. The van der Waals surface area contributed by atoms with Crippen molar-refractivity contribution in [1.82, 2.24) is 4.90 Å². The zero-order valence-electron chi connectivity index (χ0n) is 17.8. The highest BCUT2D eigenvalue weighted by molar-refractivity contribution is 6.06. The third-order valence-corrected chi connectivity index (χ3v) is 5.28. The second-order valence-corrected chi connectivity index (χ2v) is 7.56. The van der Waals surface area contributed by atoms with Gasteiger partial charge in [0, 0.05) is 24.3 Å². The van der Waals surface area contributed by atoms with E-state index in [1.165, 1.54) is 19.2 Å². The number of hydrogen-bond donors (Lipinski definition) is 1. The third kappa shape index (κ3) is 4.56. The summed E-state index contributed by atoms with van der Waals surface area (Å²) in [7, 11) is 1.51. The smallest absolute Gasteiger partial charge is 0.263 e. The van der Waals surface area contributed by atoms with Crippen LogP contribution in [0.5, 0.6) is 11.5 Å². The Kier molecular flexibility index (Phi) is 6.07. The topological polar surface area (TPSA) is 67.9 Å². The second kappa shape index (κ2) is 9.09. The minimum Gasteiger partial charge on any atom is -0.496 e. The molecule has 1 atom stereocenters. The molecular formula is C25H23FN2O4. The average molecular weight is 434 g/mol. The van der Waals surface area contributed by atoms with Crippen LogP contribution >= 0.6 is 0 Å². The van der Waals surface area contributed by atoms with Crippen LogP contribution in [-0.2, 0) is 17.9 Å². The molecule has 164 valence electrons. The lowest BCUT2D eigenvalue weighted by atomic mass is 10.1. The van der Waals surface area contributed by atoms with E-state index in [9.17, 15) is 14.0 Å². The van der Waals surface area contributed by atoms with Gasteiger partial charge in [-0.3, -0.25) is 9.59 Å². The van der Waals surface area contributed by atoms with Gasteiger partial charge >= 0.3 is 0 Å². The molecular weight excluding hydrogens is 411 g/mol. The maximum atomic E-state index is 13.2. The van der Waals surface area contributed by atoms with Crippen molar-refractivity contribution in [2.24, 2.45) is 0 Å². The fraction of sp³-hybridized carbons (Fsp3) is 0.200. The molecule has 3 aromatic carbocycles.